The van der Waals surface area contributed by atoms with Crippen molar-refractivity contribution in [2.45, 2.75) is 50.2 Å². The minimum absolute atomic E-state index is 0.162. The van der Waals surface area contributed by atoms with E-state index in [1.807, 2.05) is 44.3 Å². The summed E-state index contributed by atoms with van der Waals surface area (Å²) in [6, 6.07) is 14.9. The van der Waals surface area contributed by atoms with E-state index in [0.29, 0.717) is 5.75 Å². The van der Waals surface area contributed by atoms with Crippen molar-refractivity contribution in [3.05, 3.63) is 59.7 Å². The predicted octanol–water partition coefficient (Wildman–Crippen LogP) is 0.996. The number of hydrogen-bond acceptors (Lipinski definition) is 8. The molecule has 5 N–H and O–H groups in total. The van der Waals surface area contributed by atoms with Gasteiger partial charge in [-0.05, 0) is 49.8 Å². The van der Waals surface area contributed by atoms with Crippen LogP contribution in [0.5, 0.6) is 11.5 Å². The van der Waals surface area contributed by atoms with Gasteiger partial charge in [0.05, 0.1) is 0 Å². The molecule has 0 unspecified atom stereocenters. The molecule has 1 aliphatic heterocycles. The van der Waals surface area contributed by atoms with Gasteiger partial charge < -0.3 is 40.0 Å². The van der Waals surface area contributed by atoms with Crippen molar-refractivity contribution in [2.24, 2.45) is 0 Å². The molecule has 32 heavy (non-hydrogen) atoms. The number of aliphatic hydroxyl groups is 3. The van der Waals surface area contributed by atoms with Crippen LogP contribution in [0.3, 0.4) is 0 Å². The lowest BCUT2D eigenvalue weighted by Crippen LogP contribution is -2.61. The second-order valence-electron chi connectivity index (χ2n) is 7.69. The van der Waals surface area contributed by atoms with Crippen LogP contribution in [0.25, 0.3) is 0 Å². The number of nitrogens with one attached hydrogen (secondary N) is 1. The first-order valence-electron chi connectivity index (χ1n) is 10.4. The Bertz CT molecular complexity index is 893. The second-order valence-corrected chi connectivity index (χ2v) is 7.69. The molecule has 1 aliphatic rings. The summed E-state index contributed by atoms with van der Waals surface area (Å²) in [6.07, 6.45) is -7.71. The van der Waals surface area contributed by atoms with Gasteiger partial charge in [-0.15, -0.1) is 0 Å². The smallest absolute Gasteiger partial charge is 0.335 e. The second kappa shape index (κ2) is 10.8. The third-order valence-corrected chi connectivity index (χ3v) is 5.31. The number of rotatable bonds is 9. The number of aliphatic hydroxyl groups excluding tert-OH is 3. The molecule has 0 aliphatic carbocycles. The van der Waals surface area contributed by atoms with Crippen molar-refractivity contribution >= 4 is 5.97 Å². The van der Waals surface area contributed by atoms with Gasteiger partial charge in [-0.2, -0.15) is 0 Å². The molecule has 1 saturated heterocycles. The first kappa shape index (κ1) is 24.0. The Kier molecular flexibility index (Phi) is 8.05. The summed E-state index contributed by atoms with van der Waals surface area (Å²) in [4.78, 5) is 11.3. The van der Waals surface area contributed by atoms with Gasteiger partial charge in [0.25, 0.3) is 0 Å². The van der Waals surface area contributed by atoms with E-state index in [0.717, 1.165) is 24.1 Å². The zero-order valence-electron chi connectivity index (χ0n) is 17.9. The molecule has 174 valence electrons. The maximum Gasteiger partial charge on any atom is 0.335 e. The molecule has 9 heteroatoms. The Morgan fingerprint density at radius 2 is 1.81 bits per heavy atom. The predicted molar refractivity (Wildman–Crippen MR) is 114 cm³/mol. The van der Waals surface area contributed by atoms with Gasteiger partial charge in [0.1, 0.15) is 35.9 Å². The van der Waals surface area contributed by atoms with Crippen molar-refractivity contribution in [3.63, 3.8) is 0 Å². The molecule has 0 radical (unpaired) electrons. The average Bonchev–Trinajstić information content (AvgIpc) is 2.78. The molecule has 0 saturated carbocycles. The monoisotopic (exact) mass is 447 g/mol. The van der Waals surface area contributed by atoms with Gasteiger partial charge in [-0.1, -0.05) is 30.3 Å². The summed E-state index contributed by atoms with van der Waals surface area (Å²) in [5.41, 5.74) is 1.81. The first-order chi connectivity index (χ1) is 15.3. The van der Waals surface area contributed by atoms with Crippen LogP contribution >= 0.6 is 0 Å². The normalized spacial score (nSPS) is 26.3. The van der Waals surface area contributed by atoms with Crippen molar-refractivity contribution in [3.8, 4) is 11.5 Å². The highest BCUT2D eigenvalue weighted by Gasteiger charge is 2.48. The maximum absolute atomic E-state index is 11.3. The van der Waals surface area contributed by atoms with Crippen molar-refractivity contribution in [1.29, 1.82) is 0 Å². The van der Waals surface area contributed by atoms with Crippen LogP contribution < -0.4 is 14.8 Å². The Balaban J connectivity index is 1.73. The maximum atomic E-state index is 11.3. The number of ether oxygens (including phenoxy) is 3. The van der Waals surface area contributed by atoms with E-state index in [-0.39, 0.29) is 11.9 Å². The number of aliphatic carboxylic acids is 1. The first-order valence-corrected chi connectivity index (χ1v) is 10.4. The van der Waals surface area contributed by atoms with Crippen LogP contribution in [-0.4, -0.2) is 70.7 Å². The molecule has 0 spiro atoms. The highest BCUT2D eigenvalue weighted by molar-refractivity contribution is 5.73. The molecular formula is C23H29NO8. The number of carbonyl (C=O) groups is 1. The molecular weight excluding hydrogens is 418 g/mol. The van der Waals surface area contributed by atoms with E-state index in [1.165, 1.54) is 0 Å². The molecule has 0 bridgehead atoms. The number of benzene rings is 2. The summed E-state index contributed by atoms with van der Waals surface area (Å²) >= 11 is 0. The Morgan fingerprint density at radius 1 is 1.09 bits per heavy atom. The fraction of sp³-hybridized carbons (Fsp3) is 0.435. The van der Waals surface area contributed by atoms with Crippen LogP contribution in [0, 0.1) is 6.92 Å². The van der Waals surface area contributed by atoms with E-state index in [2.05, 4.69) is 5.32 Å². The van der Waals surface area contributed by atoms with Crippen LogP contribution in [0.2, 0.25) is 0 Å². The Morgan fingerprint density at radius 3 is 2.44 bits per heavy atom. The third kappa shape index (κ3) is 5.56. The zero-order chi connectivity index (χ0) is 23.3. The highest BCUT2D eigenvalue weighted by atomic mass is 16.7. The molecule has 9 nitrogen and oxygen atoms in total. The molecule has 1 heterocycles. The van der Waals surface area contributed by atoms with E-state index in [1.54, 1.807) is 18.2 Å². The van der Waals surface area contributed by atoms with Crippen LogP contribution in [0.15, 0.2) is 48.5 Å². The largest absolute Gasteiger partial charge is 0.485 e. The summed E-state index contributed by atoms with van der Waals surface area (Å²) in [5, 5.41) is 42.2. The lowest BCUT2D eigenvalue weighted by Gasteiger charge is -2.38. The van der Waals surface area contributed by atoms with Gasteiger partial charge >= 0.3 is 5.97 Å². The van der Waals surface area contributed by atoms with Crippen LogP contribution in [0.1, 0.15) is 23.7 Å². The SMILES string of the molecule is CNCC[C@H](Oc1ccc(O[C@@H]2O[C@H](C(=O)O)[C@@H](O)[C@@H](O)[C@@H]2O)cc1C)c1ccccc1. The Hall–Kier alpha value is -2.69. The Labute approximate surface area is 186 Å². The van der Waals surface area contributed by atoms with E-state index in [4.69, 9.17) is 19.3 Å². The van der Waals surface area contributed by atoms with Gasteiger partial charge in [-0.25, -0.2) is 4.79 Å². The number of aryl methyl sites for hydroxylation is 1. The molecule has 1 fully saturated rings. The van der Waals surface area contributed by atoms with Crippen molar-refractivity contribution < 1.29 is 39.4 Å². The minimum Gasteiger partial charge on any atom is -0.485 e. The summed E-state index contributed by atoms with van der Waals surface area (Å²) in [5.74, 6) is -0.532. The molecule has 0 amide bonds. The summed E-state index contributed by atoms with van der Waals surface area (Å²) < 4.78 is 17.0. The van der Waals surface area contributed by atoms with Gasteiger partial charge in [-0.3, -0.25) is 0 Å². The van der Waals surface area contributed by atoms with Crippen LogP contribution in [0.4, 0.5) is 0 Å². The molecule has 6 atom stereocenters. The lowest BCUT2D eigenvalue weighted by molar-refractivity contribution is -0.271. The number of carboxylic acid groups (broad SMARTS) is 1. The van der Waals surface area contributed by atoms with Crippen LogP contribution in [-0.2, 0) is 9.53 Å². The molecule has 0 aromatic heterocycles. The molecule has 2 aromatic carbocycles. The number of hydrogen-bond donors (Lipinski definition) is 5. The fourth-order valence-electron chi connectivity index (χ4n) is 3.50. The van der Waals surface area contributed by atoms with Crippen molar-refractivity contribution in [1.82, 2.24) is 5.32 Å². The summed E-state index contributed by atoms with van der Waals surface area (Å²) in [7, 11) is 1.88. The average molecular weight is 447 g/mol. The quantitative estimate of drug-likeness (QED) is 0.381. The zero-order valence-corrected chi connectivity index (χ0v) is 17.9. The standard InChI is InChI=1S/C23H29NO8/c1-13-12-15(30-23-20(27)18(25)19(26)21(32-23)22(28)29)8-9-16(13)31-17(10-11-24-2)14-6-4-3-5-7-14/h3-9,12,17-21,23-27H,10-11H2,1-2H3,(H,28,29)/t17-,18+,19-,20-,21-,23+/m0/s1. The summed E-state index contributed by atoms with van der Waals surface area (Å²) in [6.45, 7) is 2.61. The molecule has 2 aromatic rings. The van der Waals surface area contributed by atoms with E-state index < -0.39 is 36.7 Å². The number of carboxylic acids is 1. The van der Waals surface area contributed by atoms with E-state index >= 15 is 0 Å². The fourth-order valence-corrected chi connectivity index (χ4v) is 3.50. The lowest BCUT2D eigenvalue weighted by atomic mass is 9.99. The van der Waals surface area contributed by atoms with Gasteiger partial charge in [0.15, 0.2) is 6.10 Å². The van der Waals surface area contributed by atoms with E-state index in [9.17, 15) is 20.1 Å². The van der Waals surface area contributed by atoms with Gasteiger partial charge in [0, 0.05) is 6.42 Å². The topological polar surface area (TPSA) is 138 Å². The minimum atomic E-state index is -1.77. The third-order valence-electron chi connectivity index (χ3n) is 5.31. The highest BCUT2D eigenvalue weighted by Crippen LogP contribution is 2.31. The van der Waals surface area contributed by atoms with Crippen molar-refractivity contribution in [2.75, 3.05) is 13.6 Å². The molecule has 3 rings (SSSR count). The van der Waals surface area contributed by atoms with Gasteiger partial charge in [0.2, 0.25) is 6.29 Å².